The van der Waals surface area contributed by atoms with Gasteiger partial charge in [-0.25, -0.2) is 4.79 Å². The number of nitrogens with zero attached hydrogens (tertiary/aromatic N) is 7. The monoisotopic (exact) mass is 648 g/mol. The summed E-state index contributed by atoms with van der Waals surface area (Å²) in [5.41, 5.74) is 27.1. The van der Waals surface area contributed by atoms with Crippen molar-refractivity contribution in [2.24, 2.45) is 21.9 Å². The predicted molar refractivity (Wildman–Crippen MR) is 169 cm³/mol. The Hall–Kier alpha value is -4.81. The zero-order chi connectivity index (χ0) is 33.9. The van der Waals surface area contributed by atoms with Crippen LogP contribution in [0.1, 0.15) is 51.2 Å². The largest absolute Gasteiger partial charge is 0.458 e. The lowest BCUT2D eigenvalue weighted by atomic mass is 9.72. The van der Waals surface area contributed by atoms with Gasteiger partial charge in [0.25, 0.3) is 0 Å². The molecule has 9 atom stereocenters. The van der Waals surface area contributed by atoms with E-state index in [-0.39, 0.29) is 19.6 Å². The fourth-order valence-electron chi connectivity index (χ4n) is 6.43. The summed E-state index contributed by atoms with van der Waals surface area (Å²) in [6.45, 7) is 4.57. The molecule has 1 heterocycles. The molecule has 0 radical (unpaired) electrons. The normalized spacial score (nSPS) is 27.6. The van der Waals surface area contributed by atoms with Gasteiger partial charge in [-0.05, 0) is 48.4 Å². The van der Waals surface area contributed by atoms with Gasteiger partial charge in [-0.2, -0.15) is 0 Å². The van der Waals surface area contributed by atoms with Crippen molar-refractivity contribution in [3.8, 4) is 0 Å². The van der Waals surface area contributed by atoms with Gasteiger partial charge < -0.3 is 24.7 Å². The number of azide groups is 2. The fraction of sp³-hybridized carbons (Fsp3) is 0.531. The molecule has 1 saturated carbocycles. The second-order valence-electron chi connectivity index (χ2n) is 11.8. The Bertz CT molecular complexity index is 1470. The quantitative estimate of drug-likeness (QED) is 0.110. The zero-order valence-electron chi connectivity index (χ0n) is 26.6. The minimum atomic E-state index is -1.21. The van der Waals surface area contributed by atoms with Crippen molar-refractivity contribution in [1.29, 1.82) is 0 Å². The Kier molecular flexibility index (Phi) is 12.4. The molecular weight excluding hydrogens is 608 g/mol. The molecule has 1 aliphatic heterocycles. The summed E-state index contributed by atoms with van der Waals surface area (Å²) in [6, 6.07) is 15.8. The van der Waals surface area contributed by atoms with Gasteiger partial charge in [0.1, 0.15) is 18.8 Å². The lowest BCUT2D eigenvalue weighted by Crippen LogP contribution is -2.63. The molecule has 1 aliphatic carbocycles. The summed E-state index contributed by atoms with van der Waals surface area (Å²) in [5, 5.41) is 7.74. The molecule has 1 amide bonds. The highest BCUT2D eigenvalue weighted by Gasteiger charge is 2.54. The van der Waals surface area contributed by atoms with Crippen LogP contribution in [0.3, 0.4) is 0 Å². The Morgan fingerprint density at radius 2 is 1.49 bits per heavy atom. The van der Waals surface area contributed by atoms with Crippen molar-refractivity contribution < 1.29 is 33.3 Å². The molecule has 250 valence electrons. The van der Waals surface area contributed by atoms with Crippen molar-refractivity contribution in [3.05, 3.63) is 92.7 Å². The molecule has 1 saturated heterocycles. The van der Waals surface area contributed by atoms with E-state index in [2.05, 4.69) is 20.1 Å². The second kappa shape index (κ2) is 16.7. The van der Waals surface area contributed by atoms with Gasteiger partial charge in [0.05, 0.1) is 24.3 Å². The number of carbonyl (C=O) groups is 3. The SMILES string of the molecule is CC(=O)O[C@H]1[C@H](C2O[C@H]([C@@H](C)N(Cc3ccccc3)C(=O)OCc3ccccc3)CC[C@H]2N)C(N=[N+]=[N-])CC(N=[N+]=[N-])[C@@H]1OC(C)=O. The molecule has 0 spiro atoms. The van der Waals surface area contributed by atoms with E-state index in [0.717, 1.165) is 11.1 Å². The number of amides is 1. The Balaban J connectivity index is 1.65. The molecule has 4 rings (SSSR count). The van der Waals surface area contributed by atoms with Crippen LogP contribution in [-0.4, -0.2) is 71.5 Å². The van der Waals surface area contributed by atoms with Crippen LogP contribution in [0.25, 0.3) is 20.9 Å². The number of esters is 2. The first kappa shape index (κ1) is 35.1. The molecule has 15 heteroatoms. The van der Waals surface area contributed by atoms with Crippen molar-refractivity contribution in [1.82, 2.24) is 4.90 Å². The number of rotatable bonds is 11. The molecule has 2 fully saturated rings. The molecule has 2 aliphatic rings. The van der Waals surface area contributed by atoms with E-state index in [9.17, 15) is 25.4 Å². The topological polar surface area (TPSA) is 215 Å². The van der Waals surface area contributed by atoms with Crippen LogP contribution >= 0.6 is 0 Å². The molecule has 0 bridgehead atoms. The minimum absolute atomic E-state index is 0.00670. The number of benzene rings is 2. The molecule has 2 aromatic rings. The highest BCUT2D eigenvalue weighted by molar-refractivity contribution is 5.68. The summed E-state index contributed by atoms with van der Waals surface area (Å²) in [4.78, 5) is 45.6. The predicted octanol–water partition coefficient (Wildman–Crippen LogP) is 5.33. The average Bonchev–Trinajstić information content (AvgIpc) is 3.05. The van der Waals surface area contributed by atoms with Crippen LogP contribution in [0.5, 0.6) is 0 Å². The maximum Gasteiger partial charge on any atom is 0.410 e. The molecule has 0 aromatic heterocycles. The second-order valence-corrected chi connectivity index (χ2v) is 11.8. The summed E-state index contributed by atoms with van der Waals surface area (Å²) in [5.74, 6) is -2.25. The van der Waals surface area contributed by atoms with Gasteiger partial charge in [-0.3, -0.25) is 14.5 Å². The van der Waals surface area contributed by atoms with E-state index >= 15 is 0 Å². The third kappa shape index (κ3) is 9.14. The number of hydrogen-bond donors (Lipinski definition) is 1. The third-order valence-corrected chi connectivity index (χ3v) is 8.60. The van der Waals surface area contributed by atoms with E-state index in [1.165, 1.54) is 13.8 Å². The molecule has 2 aromatic carbocycles. The third-order valence-electron chi connectivity index (χ3n) is 8.60. The standard InChI is InChI=1S/C32H40N8O7/c1-19(40(17-22-10-6-4-7-11-22)32(43)44-18-23-12-8-5-9-13-23)27-15-14-24(33)29(47-27)28-25(36-38-34)16-26(37-39-35)30(45-20(2)41)31(28)46-21(3)42/h4-13,19,24-31H,14-18,33H2,1-3H3/t19-,24-,25?,26?,27+,28+,29?,30+,31+/m1/s1. The van der Waals surface area contributed by atoms with E-state index in [0.29, 0.717) is 12.8 Å². The Labute approximate surface area is 272 Å². The van der Waals surface area contributed by atoms with Gasteiger partial charge in [0.15, 0.2) is 0 Å². The minimum Gasteiger partial charge on any atom is -0.458 e. The van der Waals surface area contributed by atoms with E-state index in [1.807, 2.05) is 67.6 Å². The van der Waals surface area contributed by atoms with E-state index < -0.39 is 72.5 Å². The summed E-state index contributed by atoms with van der Waals surface area (Å²) in [6.07, 6.45) is -3.40. The van der Waals surface area contributed by atoms with Gasteiger partial charge in [-0.1, -0.05) is 70.9 Å². The molecule has 2 N–H and O–H groups in total. The molecular formula is C32H40N8O7. The van der Waals surface area contributed by atoms with E-state index in [4.69, 9.17) is 24.7 Å². The molecule has 15 nitrogen and oxygen atoms in total. The first-order valence-electron chi connectivity index (χ1n) is 15.5. The van der Waals surface area contributed by atoms with Crippen molar-refractivity contribution >= 4 is 18.0 Å². The lowest BCUT2D eigenvalue weighted by Gasteiger charge is -2.50. The van der Waals surface area contributed by atoms with Gasteiger partial charge in [-0.15, -0.1) is 0 Å². The zero-order valence-corrected chi connectivity index (χ0v) is 26.6. The van der Waals surface area contributed by atoms with Crippen LogP contribution in [0.15, 0.2) is 70.9 Å². The van der Waals surface area contributed by atoms with Gasteiger partial charge in [0.2, 0.25) is 0 Å². The molecule has 3 unspecified atom stereocenters. The van der Waals surface area contributed by atoms with Crippen LogP contribution in [0, 0.1) is 5.92 Å². The summed E-state index contributed by atoms with van der Waals surface area (Å²) in [7, 11) is 0. The van der Waals surface area contributed by atoms with Gasteiger partial charge >= 0.3 is 18.0 Å². The average molecular weight is 649 g/mol. The van der Waals surface area contributed by atoms with Crippen LogP contribution < -0.4 is 5.73 Å². The maximum atomic E-state index is 13.6. The highest BCUT2D eigenvalue weighted by Crippen LogP contribution is 2.41. The van der Waals surface area contributed by atoms with Crippen LogP contribution in [0.2, 0.25) is 0 Å². The van der Waals surface area contributed by atoms with Crippen molar-refractivity contribution in [2.75, 3.05) is 0 Å². The first-order chi connectivity index (χ1) is 22.6. The first-order valence-corrected chi connectivity index (χ1v) is 15.5. The fourth-order valence-corrected chi connectivity index (χ4v) is 6.43. The number of hydrogen-bond acceptors (Lipinski definition) is 10. The van der Waals surface area contributed by atoms with Crippen molar-refractivity contribution in [2.45, 2.75) is 102 Å². The number of nitrogens with two attached hydrogens (primary N) is 1. The van der Waals surface area contributed by atoms with Crippen molar-refractivity contribution in [3.63, 3.8) is 0 Å². The number of carbonyl (C=O) groups excluding carboxylic acids is 3. The summed E-state index contributed by atoms with van der Waals surface area (Å²) < 4.78 is 23.7. The summed E-state index contributed by atoms with van der Waals surface area (Å²) >= 11 is 0. The molecule has 47 heavy (non-hydrogen) atoms. The van der Waals surface area contributed by atoms with E-state index in [1.54, 1.807) is 4.90 Å². The number of ether oxygens (including phenoxy) is 4. The lowest BCUT2D eigenvalue weighted by molar-refractivity contribution is -0.197. The Morgan fingerprint density at radius 3 is 2.09 bits per heavy atom. The maximum absolute atomic E-state index is 13.6. The van der Waals surface area contributed by atoms with Crippen LogP contribution in [0.4, 0.5) is 4.79 Å². The van der Waals surface area contributed by atoms with Crippen LogP contribution in [-0.2, 0) is 41.7 Å². The smallest absolute Gasteiger partial charge is 0.410 e. The Morgan fingerprint density at radius 1 is 0.915 bits per heavy atom. The highest BCUT2D eigenvalue weighted by atomic mass is 16.6. The van der Waals surface area contributed by atoms with Gasteiger partial charge in [0, 0.05) is 48.2 Å².